The minimum absolute atomic E-state index is 0.184. The zero-order valence-electron chi connectivity index (χ0n) is 10.8. The van der Waals surface area contributed by atoms with Crippen molar-refractivity contribution in [2.75, 3.05) is 6.61 Å². The fraction of sp³-hybridized carbons (Fsp3) is 0.917. The molecule has 2 rings (SSSR count). The maximum Gasteiger partial charge on any atom is 0.163 e. The van der Waals surface area contributed by atoms with Gasteiger partial charge in [-0.3, -0.25) is 0 Å². The first-order chi connectivity index (χ1) is 7.83. The minimum Gasteiger partial charge on any atom is -0.348 e. The molecule has 2 saturated heterocycles. The molecule has 0 aliphatic carbocycles. The Hall–Kier alpha value is -0.490. The Morgan fingerprint density at radius 3 is 2.35 bits per heavy atom. The summed E-state index contributed by atoms with van der Waals surface area (Å²) >= 11 is 0. The van der Waals surface area contributed by atoms with Gasteiger partial charge >= 0.3 is 0 Å². The molecule has 0 unspecified atom stereocenters. The molecule has 0 radical (unpaired) electrons. The van der Waals surface area contributed by atoms with Crippen LogP contribution in [0, 0.1) is 0 Å². The second-order valence-corrected chi connectivity index (χ2v) is 5.41. The number of carbonyl (C=O) groups is 1. The van der Waals surface area contributed by atoms with Crippen LogP contribution in [0.3, 0.4) is 0 Å². The summed E-state index contributed by atoms with van der Waals surface area (Å²) < 4.78 is 22.8. The molecule has 0 spiro atoms. The van der Waals surface area contributed by atoms with Crippen molar-refractivity contribution in [3.8, 4) is 0 Å². The molecule has 0 amide bonds. The summed E-state index contributed by atoms with van der Waals surface area (Å²) in [6.45, 7) is 7.87. The molecule has 0 saturated carbocycles. The number of aldehydes is 1. The lowest BCUT2D eigenvalue weighted by Crippen LogP contribution is -2.38. The van der Waals surface area contributed by atoms with Crippen molar-refractivity contribution in [2.24, 2.45) is 0 Å². The summed E-state index contributed by atoms with van der Waals surface area (Å²) in [5.41, 5.74) is 0. The first-order valence-corrected chi connectivity index (χ1v) is 5.94. The van der Waals surface area contributed by atoms with E-state index < -0.39 is 11.6 Å². The summed E-state index contributed by atoms with van der Waals surface area (Å²) in [4.78, 5) is 10.7. The Balaban J connectivity index is 2.06. The third kappa shape index (κ3) is 2.85. The van der Waals surface area contributed by atoms with Gasteiger partial charge in [0.05, 0.1) is 12.7 Å². The first kappa shape index (κ1) is 13.0. The molecule has 0 N–H and O–H groups in total. The molecule has 2 fully saturated rings. The standard InChI is InChI=1S/C12H20O5/c1-11(2)14-7-9(16-11)10-8(5-6-13)15-12(3,4)17-10/h6,8-10H,5,7H2,1-4H3/t8-,9-,10+/m0/s1. The number of ether oxygens (including phenoxy) is 4. The van der Waals surface area contributed by atoms with Crippen LogP contribution >= 0.6 is 0 Å². The Labute approximate surface area is 101 Å². The molecule has 5 heteroatoms. The van der Waals surface area contributed by atoms with Crippen molar-refractivity contribution in [1.29, 1.82) is 0 Å². The van der Waals surface area contributed by atoms with Gasteiger partial charge in [-0.05, 0) is 27.7 Å². The average molecular weight is 244 g/mol. The third-order valence-corrected chi connectivity index (χ3v) is 2.95. The summed E-state index contributed by atoms with van der Waals surface area (Å²) in [5, 5.41) is 0. The predicted octanol–water partition coefficient (Wildman–Crippen LogP) is 1.25. The maximum atomic E-state index is 10.7. The molecular weight excluding hydrogens is 224 g/mol. The van der Waals surface area contributed by atoms with E-state index in [1.54, 1.807) is 0 Å². The van der Waals surface area contributed by atoms with Crippen molar-refractivity contribution >= 4 is 6.29 Å². The van der Waals surface area contributed by atoms with Crippen LogP contribution in [-0.4, -0.2) is 42.8 Å². The van der Waals surface area contributed by atoms with Crippen LogP contribution in [0.4, 0.5) is 0 Å². The van der Waals surface area contributed by atoms with Crippen molar-refractivity contribution < 1.29 is 23.7 Å². The number of hydrogen-bond acceptors (Lipinski definition) is 5. The molecular formula is C12H20O5. The van der Waals surface area contributed by atoms with Gasteiger partial charge in [0.15, 0.2) is 11.6 Å². The van der Waals surface area contributed by atoms with Gasteiger partial charge in [0.2, 0.25) is 0 Å². The maximum absolute atomic E-state index is 10.7. The molecule has 0 aromatic carbocycles. The third-order valence-electron chi connectivity index (χ3n) is 2.95. The van der Waals surface area contributed by atoms with Gasteiger partial charge in [-0.25, -0.2) is 0 Å². The van der Waals surface area contributed by atoms with Crippen molar-refractivity contribution in [2.45, 2.75) is 64.0 Å². The van der Waals surface area contributed by atoms with Crippen LogP contribution in [-0.2, 0) is 23.7 Å². The van der Waals surface area contributed by atoms with Gasteiger partial charge in [0.25, 0.3) is 0 Å². The van der Waals surface area contributed by atoms with E-state index in [4.69, 9.17) is 18.9 Å². The van der Waals surface area contributed by atoms with E-state index in [0.29, 0.717) is 13.0 Å². The molecule has 3 atom stereocenters. The summed E-state index contributed by atoms with van der Waals surface area (Å²) in [5.74, 6) is -1.26. The quantitative estimate of drug-likeness (QED) is 0.699. The molecule has 0 bridgehead atoms. The largest absolute Gasteiger partial charge is 0.348 e. The highest BCUT2D eigenvalue weighted by Gasteiger charge is 2.49. The van der Waals surface area contributed by atoms with E-state index in [1.807, 2.05) is 27.7 Å². The van der Waals surface area contributed by atoms with E-state index >= 15 is 0 Å². The molecule has 0 aromatic heterocycles. The molecule has 2 heterocycles. The topological polar surface area (TPSA) is 54.0 Å². The van der Waals surface area contributed by atoms with E-state index in [1.165, 1.54) is 0 Å². The van der Waals surface area contributed by atoms with Crippen molar-refractivity contribution in [3.05, 3.63) is 0 Å². The normalized spacial score (nSPS) is 39.4. The van der Waals surface area contributed by atoms with Crippen molar-refractivity contribution in [3.63, 3.8) is 0 Å². The average Bonchev–Trinajstić information content (AvgIpc) is 2.67. The highest BCUT2D eigenvalue weighted by molar-refractivity contribution is 5.50. The zero-order chi connectivity index (χ0) is 12.7. The fourth-order valence-electron chi connectivity index (χ4n) is 2.33. The van der Waals surface area contributed by atoms with E-state index in [9.17, 15) is 4.79 Å². The Morgan fingerprint density at radius 1 is 1.12 bits per heavy atom. The van der Waals surface area contributed by atoms with E-state index in [-0.39, 0.29) is 18.3 Å². The number of hydrogen-bond donors (Lipinski definition) is 0. The van der Waals surface area contributed by atoms with Crippen molar-refractivity contribution in [1.82, 2.24) is 0 Å². The van der Waals surface area contributed by atoms with Gasteiger partial charge in [-0.15, -0.1) is 0 Å². The summed E-state index contributed by atoms with van der Waals surface area (Å²) in [7, 11) is 0. The van der Waals surface area contributed by atoms with Crippen LogP contribution < -0.4 is 0 Å². The second kappa shape index (κ2) is 4.31. The smallest absolute Gasteiger partial charge is 0.163 e. The SMILES string of the molecule is CC1(C)OC[C@@H]([C@@H]2OC(C)(C)O[C@H]2CC=O)O1. The Morgan fingerprint density at radius 2 is 1.82 bits per heavy atom. The van der Waals surface area contributed by atoms with Gasteiger partial charge in [0, 0.05) is 6.42 Å². The molecule has 2 aliphatic rings. The predicted molar refractivity (Wildman–Crippen MR) is 59.4 cm³/mol. The van der Waals surface area contributed by atoms with E-state index in [0.717, 1.165) is 6.29 Å². The Kier molecular flexibility index (Phi) is 3.29. The van der Waals surface area contributed by atoms with Crippen LogP contribution in [0.15, 0.2) is 0 Å². The molecule has 98 valence electrons. The van der Waals surface area contributed by atoms with Crippen LogP contribution in [0.25, 0.3) is 0 Å². The molecule has 0 aromatic rings. The second-order valence-electron chi connectivity index (χ2n) is 5.41. The minimum atomic E-state index is -0.672. The Bertz CT molecular complexity index is 299. The lowest BCUT2D eigenvalue weighted by Gasteiger charge is -2.23. The lowest BCUT2D eigenvalue weighted by molar-refractivity contribution is -0.174. The van der Waals surface area contributed by atoms with Gasteiger partial charge in [-0.2, -0.15) is 0 Å². The summed E-state index contributed by atoms with van der Waals surface area (Å²) in [6.07, 6.45) is 0.469. The first-order valence-electron chi connectivity index (χ1n) is 5.94. The monoisotopic (exact) mass is 244 g/mol. The highest BCUT2D eigenvalue weighted by atomic mass is 16.8. The molecule has 5 nitrogen and oxygen atoms in total. The molecule has 2 aliphatic heterocycles. The summed E-state index contributed by atoms with van der Waals surface area (Å²) in [6, 6.07) is 0. The number of rotatable bonds is 3. The van der Waals surface area contributed by atoms with Gasteiger partial charge in [-0.1, -0.05) is 0 Å². The van der Waals surface area contributed by atoms with Crippen LogP contribution in [0.2, 0.25) is 0 Å². The zero-order valence-corrected chi connectivity index (χ0v) is 10.8. The number of carbonyl (C=O) groups excluding carboxylic acids is 1. The van der Waals surface area contributed by atoms with Crippen LogP contribution in [0.1, 0.15) is 34.1 Å². The van der Waals surface area contributed by atoms with Gasteiger partial charge in [0.1, 0.15) is 18.5 Å². The van der Waals surface area contributed by atoms with E-state index in [2.05, 4.69) is 0 Å². The van der Waals surface area contributed by atoms with Crippen LogP contribution in [0.5, 0.6) is 0 Å². The van der Waals surface area contributed by atoms with Gasteiger partial charge < -0.3 is 23.7 Å². The fourth-order valence-corrected chi connectivity index (χ4v) is 2.33. The molecule has 17 heavy (non-hydrogen) atoms. The highest BCUT2D eigenvalue weighted by Crippen LogP contribution is 2.36. The lowest BCUT2D eigenvalue weighted by atomic mass is 10.1.